The summed E-state index contributed by atoms with van der Waals surface area (Å²) in [6.45, 7) is 6.02. The lowest BCUT2D eigenvalue weighted by atomic mass is 10.1. The quantitative estimate of drug-likeness (QED) is 0.757. The number of fused-ring (bicyclic) bond motifs is 2. The zero-order valence-corrected chi connectivity index (χ0v) is 15.9. The maximum atomic E-state index is 12.9. The highest BCUT2D eigenvalue weighted by Crippen LogP contribution is 2.31. The monoisotopic (exact) mass is 361 g/mol. The Morgan fingerprint density at radius 1 is 1.22 bits per heavy atom. The number of ether oxygens (including phenoxy) is 1. The van der Waals surface area contributed by atoms with E-state index >= 15 is 0 Å². The lowest BCUT2D eigenvalue weighted by molar-refractivity contribution is 0.102. The molecule has 138 valence electrons. The Bertz CT molecular complexity index is 1030. The van der Waals surface area contributed by atoms with Gasteiger partial charge in [0, 0.05) is 35.9 Å². The summed E-state index contributed by atoms with van der Waals surface area (Å²) in [6.07, 6.45) is 1.06. The molecule has 1 amide bonds. The van der Waals surface area contributed by atoms with Crippen LogP contribution in [-0.2, 0) is 6.42 Å². The molecule has 0 saturated carbocycles. The van der Waals surface area contributed by atoms with Gasteiger partial charge in [-0.05, 0) is 56.2 Å². The van der Waals surface area contributed by atoms with E-state index in [2.05, 4.69) is 34.3 Å². The zero-order valence-electron chi connectivity index (χ0n) is 15.9. The van der Waals surface area contributed by atoms with Gasteiger partial charge in [-0.2, -0.15) is 0 Å². The number of benzene rings is 2. The predicted octanol–water partition coefficient (Wildman–Crippen LogP) is 4.19. The molecule has 0 unspecified atom stereocenters. The summed E-state index contributed by atoms with van der Waals surface area (Å²) in [6, 6.07) is 13.7. The van der Waals surface area contributed by atoms with Gasteiger partial charge in [-0.3, -0.25) is 9.78 Å². The Kier molecular flexibility index (Phi) is 4.44. The molecule has 0 saturated heterocycles. The highest BCUT2D eigenvalue weighted by Gasteiger charge is 2.19. The van der Waals surface area contributed by atoms with E-state index in [1.165, 1.54) is 11.3 Å². The molecule has 0 bridgehead atoms. The van der Waals surface area contributed by atoms with Crippen LogP contribution in [0.25, 0.3) is 10.9 Å². The molecule has 1 N–H and O–H groups in total. The van der Waals surface area contributed by atoms with Crippen LogP contribution in [0.2, 0.25) is 0 Å². The van der Waals surface area contributed by atoms with E-state index in [9.17, 15) is 4.79 Å². The number of nitrogens with one attached hydrogen (secondary N) is 1. The number of carbonyl (C=O) groups excluding carboxylic acids is 1. The fourth-order valence-corrected chi connectivity index (χ4v) is 3.65. The van der Waals surface area contributed by atoms with E-state index in [1.54, 1.807) is 7.11 Å². The lowest BCUT2D eigenvalue weighted by Gasteiger charge is -2.17. The molecule has 0 fully saturated rings. The van der Waals surface area contributed by atoms with Crippen molar-refractivity contribution in [3.05, 3.63) is 59.3 Å². The van der Waals surface area contributed by atoms with Gasteiger partial charge in [0.1, 0.15) is 5.75 Å². The summed E-state index contributed by atoms with van der Waals surface area (Å²) in [5, 5.41) is 3.94. The number of nitrogens with zero attached hydrogens (tertiary/aromatic N) is 2. The Labute approximate surface area is 159 Å². The van der Waals surface area contributed by atoms with Gasteiger partial charge < -0.3 is 15.0 Å². The summed E-state index contributed by atoms with van der Waals surface area (Å²) in [7, 11) is 1.63. The van der Waals surface area contributed by atoms with Crippen molar-refractivity contribution >= 4 is 28.2 Å². The summed E-state index contributed by atoms with van der Waals surface area (Å²) in [5.41, 5.74) is 5.47. The topological polar surface area (TPSA) is 54.5 Å². The molecule has 2 aromatic carbocycles. The zero-order chi connectivity index (χ0) is 19.0. The number of likely N-dealkylation sites (N-methyl/N-ethyl adjacent to an activating group) is 1. The van der Waals surface area contributed by atoms with Crippen LogP contribution < -0.4 is 15.0 Å². The molecule has 0 atom stereocenters. The van der Waals surface area contributed by atoms with E-state index < -0.39 is 0 Å². The molecule has 3 aromatic rings. The van der Waals surface area contributed by atoms with Crippen LogP contribution in [0.15, 0.2) is 42.5 Å². The van der Waals surface area contributed by atoms with Gasteiger partial charge >= 0.3 is 0 Å². The van der Waals surface area contributed by atoms with Crippen LogP contribution in [0.1, 0.15) is 28.5 Å². The molecule has 5 heteroatoms. The molecule has 0 aliphatic carbocycles. The maximum Gasteiger partial charge on any atom is 0.257 e. The van der Waals surface area contributed by atoms with E-state index in [-0.39, 0.29) is 5.91 Å². The number of anilines is 2. The van der Waals surface area contributed by atoms with Crippen molar-refractivity contribution in [1.29, 1.82) is 0 Å². The summed E-state index contributed by atoms with van der Waals surface area (Å²) >= 11 is 0. The van der Waals surface area contributed by atoms with E-state index in [0.29, 0.717) is 11.3 Å². The number of aryl methyl sites for hydroxylation is 1. The molecule has 0 radical (unpaired) electrons. The number of methoxy groups -OCH3 is 1. The van der Waals surface area contributed by atoms with Gasteiger partial charge in [0.2, 0.25) is 0 Å². The Morgan fingerprint density at radius 2 is 2.07 bits per heavy atom. The van der Waals surface area contributed by atoms with Gasteiger partial charge in [-0.1, -0.05) is 6.07 Å². The number of carbonyl (C=O) groups is 1. The molecule has 4 rings (SSSR count). The van der Waals surface area contributed by atoms with Crippen LogP contribution in [0.5, 0.6) is 5.75 Å². The summed E-state index contributed by atoms with van der Waals surface area (Å²) < 4.78 is 5.25. The molecule has 5 nitrogen and oxygen atoms in total. The van der Waals surface area contributed by atoms with Crippen LogP contribution in [-0.4, -0.2) is 31.1 Å². The van der Waals surface area contributed by atoms with Crippen molar-refractivity contribution in [2.75, 3.05) is 30.4 Å². The molecule has 2 heterocycles. The number of aromatic nitrogens is 1. The first-order valence-electron chi connectivity index (χ1n) is 9.23. The van der Waals surface area contributed by atoms with Gasteiger partial charge in [-0.25, -0.2) is 0 Å². The normalized spacial score (nSPS) is 12.9. The Morgan fingerprint density at radius 3 is 2.85 bits per heavy atom. The molecule has 0 spiro atoms. The highest BCUT2D eigenvalue weighted by atomic mass is 16.5. The highest BCUT2D eigenvalue weighted by molar-refractivity contribution is 6.07. The summed E-state index contributed by atoms with van der Waals surface area (Å²) in [4.78, 5) is 19.8. The van der Waals surface area contributed by atoms with Crippen LogP contribution in [0.3, 0.4) is 0 Å². The maximum absolute atomic E-state index is 12.9. The first-order chi connectivity index (χ1) is 13.1. The molecular weight excluding hydrogens is 338 g/mol. The number of amides is 1. The molecule has 27 heavy (non-hydrogen) atoms. The second-order valence-corrected chi connectivity index (χ2v) is 6.81. The van der Waals surface area contributed by atoms with E-state index in [0.717, 1.165) is 41.9 Å². The average Bonchev–Trinajstić information content (AvgIpc) is 3.09. The van der Waals surface area contributed by atoms with Crippen LogP contribution in [0, 0.1) is 6.92 Å². The van der Waals surface area contributed by atoms with Crippen molar-refractivity contribution in [3.63, 3.8) is 0 Å². The van der Waals surface area contributed by atoms with Gasteiger partial charge in [0.25, 0.3) is 5.91 Å². The first-order valence-corrected chi connectivity index (χ1v) is 9.23. The number of rotatable bonds is 4. The lowest BCUT2D eigenvalue weighted by Crippen LogP contribution is -2.19. The van der Waals surface area contributed by atoms with Gasteiger partial charge in [-0.15, -0.1) is 0 Å². The Balaban J connectivity index is 1.63. The van der Waals surface area contributed by atoms with Gasteiger partial charge in [0.15, 0.2) is 0 Å². The van der Waals surface area contributed by atoms with Crippen LogP contribution >= 0.6 is 0 Å². The minimum Gasteiger partial charge on any atom is -0.497 e. The molecule has 1 aliphatic heterocycles. The third-order valence-electron chi connectivity index (χ3n) is 5.18. The molecule has 1 aromatic heterocycles. The smallest absolute Gasteiger partial charge is 0.257 e. The summed E-state index contributed by atoms with van der Waals surface area (Å²) in [5.74, 6) is 0.615. The fraction of sp³-hybridized carbons (Fsp3) is 0.273. The van der Waals surface area contributed by atoms with Crippen molar-refractivity contribution < 1.29 is 9.53 Å². The van der Waals surface area contributed by atoms with Crippen molar-refractivity contribution in [2.24, 2.45) is 0 Å². The minimum absolute atomic E-state index is 0.140. The van der Waals surface area contributed by atoms with Crippen molar-refractivity contribution in [3.8, 4) is 5.75 Å². The second kappa shape index (κ2) is 6.91. The number of hydrogen-bond donors (Lipinski definition) is 1. The third kappa shape index (κ3) is 3.21. The average molecular weight is 361 g/mol. The minimum atomic E-state index is -0.140. The van der Waals surface area contributed by atoms with Crippen molar-refractivity contribution in [1.82, 2.24) is 4.98 Å². The number of pyridine rings is 1. The SMILES string of the molecule is CCN1CCc2ccc(NC(=O)c3cc4ccc(OC)cc4nc3C)cc21. The van der Waals surface area contributed by atoms with E-state index in [4.69, 9.17) is 4.74 Å². The standard InChI is InChI=1S/C22H23N3O2/c1-4-25-10-9-15-5-7-17(12-21(15)25)24-22(26)19-11-16-6-8-18(27-3)13-20(16)23-14(19)2/h5-8,11-13H,4,9-10H2,1-3H3,(H,24,26). The largest absolute Gasteiger partial charge is 0.497 e. The fourth-order valence-electron chi connectivity index (χ4n) is 3.65. The molecule has 1 aliphatic rings. The molecular formula is C22H23N3O2. The van der Waals surface area contributed by atoms with Gasteiger partial charge in [0.05, 0.1) is 23.9 Å². The number of hydrogen-bond acceptors (Lipinski definition) is 4. The predicted molar refractivity (Wildman–Crippen MR) is 109 cm³/mol. The third-order valence-corrected chi connectivity index (χ3v) is 5.18. The van der Waals surface area contributed by atoms with Crippen LogP contribution in [0.4, 0.5) is 11.4 Å². The second-order valence-electron chi connectivity index (χ2n) is 6.81. The van der Waals surface area contributed by atoms with E-state index in [1.807, 2.05) is 37.3 Å². The Hall–Kier alpha value is -3.08. The van der Waals surface area contributed by atoms with Crippen molar-refractivity contribution in [2.45, 2.75) is 20.3 Å². The first kappa shape index (κ1) is 17.3.